The second-order valence-electron chi connectivity index (χ2n) is 6.40. The number of methoxy groups -OCH3 is 2. The largest absolute Gasteiger partial charge is 0.388 e. The van der Waals surface area contributed by atoms with Crippen molar-refractivity contribution in [3.8, 4) is 0 Å². The van der Waals surface area contributed by atoms with Gasteiger partial charge in [-0.25, -0.2) is 0 Å². The standard InChI is InChI=1S/C13H22O.C2H6O/c1-8-3-10-6-11(8)13-5-9(7-14-2)4-12(10)13;1-3-2/h8-13H,3-7H2,1-2H3;1-2H3. The lowest BCUT2D eigenvalue weighted by Gasteiger charge is -2.29. The second kappa shape index (κ2) is 5.71. The lowest BCUT2D eigenvalue weighted by atomic mass is 9.77. The summed E-state index contributed by atoms with van der Waals surface area (Å²) in [6, 6.07) is 0. The summed E-state index contributed by atoms with van der Waals surface area (Å²) in [4.78, 5) is 0. The maximum Gasteiger partial charge on any atom is 0.0490 e. The van der Waals surface area contributed by atoms with Crippen LogP contribution < -0.4 is 0 Å². The van der Waals surface area contributed by atoms with E-state index >= 15 is 0 Å². The zero-order chi connectivity index (χ0) is 12.4. The Morgan fingerprint density at radius 2 is 1.53 bits per heavy atom. The minimum absolute atomic E-state index is 0.894. The molecule has 2 nitrogen and oxygen atoms in total. The predicted molar refractivity (Wildman–Crippen MR) is 69.9 cm³/mol. The van der Waals surface area contributed by atoms with Crippen LogP contribution in [-0.4, -0.2) is 27.9 Å². The van der Waals surface area contributed by atoms with Crippen molar-refractivity contribution in [1.82, 2.24) is 0 Å². The first kappa shape index (κ1) is 13.4. The molecule has 0 radical (unpaired) electrons. The Kier molecular flexibility index (Phi) is 4.48. The number of hydrogen-bond acceptors (Lipinski definition) is 2. The lowest BCUT2D eigenvalue weighted by molar-refractivity contribution is 0.148. The first-order chi connectivity index (χ1) is 8.21. The lowest BCUT2D eigenvalue weighted by Crippen LogP contribution is -2.22. The van der Waals surface area contributed by atoms with E-state index in [1.165, 1.54) is 19.3 Å². The Morgan fingerprint density at radius 3 is 2.18 bits per heavy atom. The molecular formula is C15H28O2. The van der Waals surface area contributed by atoms with E-state index in [0.29, 0.717) is 0 Å². The quantitative estimate of drug-likeness (QED) is 0.738. The van der Waals surface area contributed by atoms with E-state index in [0.717, 1.165) is 42.1 Å². The summed E-state index contributed by atoms with van der Waals surface area (Å²) >= 11 is 0. The van der Waals surface area contributed by atoms with Crippen molar-refractivity contribution in [3.63, 3.8) is 0 Å². The van der Waals surface area contributed by atoms with Gasteiger partial charge in [0.15, 0.2) is 0 Å². The van der Waals surface area contributed by atoms with Gasteiger partial charge in [-0.1, -0.05) is 6.92 Å². The molecule has 0 spiro atoms. The van der Waals surface area contributed by atoms with Gasteiger partial charge in [0, 0.05) is 27.9 Å². The number of fused-ring (bicyclic) bond motifs is 5. The summed E-state index contributed by atoms with van der Waals surface area (Å²) in [6.45, 7) is 3.49. The smallest absolute Gasteiger partial charge is 0.0490 e. The van der Waals surface area contributed by atoms with Crippen LogP contribution in [0.4, 0.5) is 0 Å². The third-order valence-electron chi connectivity index (χ3n) is 5.30. The molecule has 0 aromatic heterocycles. The molecule has 0 N–H and O–H groups in total. The second-order valence-corrected chi connectivity index (χ2v) is 6.40. The molecule has 0 amide bonds. The van der Waals surface area contributed by atoms with E-state index in [1.807, 2.05) is 7.11 Å². The van der Waals surface area contributed by atoms with Gasteiger partial charge in [0.2, 0.25) is 0 Å². The summed E-state index contributed by atoms with van der Waals surface area (Å²) in [6.07, 6.45) is 6.05. The van der Waals surface area contributed by atoms with Gasteiger partial charge >= 0.3 is 0 Å². The molecule has 3 rings (SSSR count). The highest BCUT2D eigenvalue weighted by atomic mass is 16.5. The van der Waals surface area contributed by atoms with Crippen LogP contribution in [0.5, 0.6) is 0 Å². The fourth-order valence-corrected chi connectivity index (χ4v) is 4.90. The third-order valence-corrected chi connectivity index (χ3v) is 5.30. The van der Waals surface area contributed by atoms with Gasteiger partial charge in [-0.2, -0.15) is 0 Å². The number of rotatable bonds is 2. The molecule has 3 fully saturated rings. The number of hydrogen-bond donors (Lipinski definition) is 0. The Morgan fingerprint density at radius 1 is 0.882 bits per heavy atom. The van der Waals surface area contributed by atoms with Crippen LogP contribution in [0.3, 0.4) is 0 Å². The highest BCUT2D eigenvalue weighted by molar-refractivity contribution is 5.03. The van der Waals surface area contributed by atoms with Crippen LogP contribution in [0, 0.1) is 35.5 Å². The molecular weight excluding hydrogens is 212 g/mol. The van der Waals surface area contributed by atoms with Gasteiger partial charge in [-0.15, -0.1) is 0 Å². The average Bonchev–Trinajstić information content (AvgIpc) is 2.89. The van der Waals surface area contributed by atoms with Crippen LogP contribution >= 0.6 is 0 Å². The zero-order valence-corrected chi connectivity index (χ0v) is 11.8. The van der Waals surface area contributed by atoms with Crippen molar-refractivity contribution in [3.05, 3.63) is 0 Å². The summed E-state index contributed by atoms with van der Waals surface area (Å²) in [7, 11) is 5.10. The molecule has 0 aromatic carbocycles. The molecule has 3 aliphatic carbocycles. The normalized spacial score (nSPS) is 46.6. The molecule has 0 heterocycles. The molecule has 2 heteroatoms. The van der Waals surface area contributed by atoms with Crippen molar-refractivity contribution in [2.45, 2.75) is 32.6 Å². The molecule has 0 aliphatic heterocycles. The van der Waals surface area contributed by atoms with Crippen LogP contribution in [0.15, 0.2) is 0 Å². The Hall–Kier alpha value is -0.0800. The fourth-order valence-electron chi connectivity index (χ4n) is 4.90. The minimum atomic E-state index is 0.894. The van der Waals surface area contributed by atoms with E-state index in [9.17, 15) is 0 Å². The molecule has 3 aliphatic rings. The van der Waals surface area contributed by atoms with E-state index in [1.54, 1.807) is 20.6 Å². The molecule has 17 heavy (non-hydrogen) atoms. The van der Waals surface area contributed by atoms with Crippen molar-refractivity contribution in [2.75, 3.05) is 27.9 Å². The monoisotopic (exact) mass is 240 g/mol. The molecule has 100 valence electrons. The van der Waals surface area contributed by atoms with Crippen molar-refractivity contribution in [2.24, 2.45) is 35.5 Å². The van der Waals surface area contributed by atoms with Gasteiger partial charge < -0.3 is 9.47 Å². The van der Waals surface area contributed by atoms with E-state index in [-0.39, 0.29) is 0 Å². The Bertz CT molecular complexity index is 241. The molecule has 6 unspecified atom stereocenters. The fraction of sp³-hybridized carbons (Fsp3) is 1.00. The zero-order valence-electron chi connectivity index (χ0n) is 11.8. The van der Waals surface area contributed by atoms with E-state index in [2.05, 4.69) is 11.7 Å². The van der Waals surface area contributed by atoms with E-state index in [4.69, 9.17) is 4.74 Å². The maximum absolute atomic E-state index is 5.31. The third kappa shape index (κ3) is 2.53. The van der Waals surface area contributed by atoms with Crippen LogP contribution in [0.1, 0.15) is 32.6 Å². The van der Waals surface area contributed by atoms with Crippen molar-refractivity contribution >= 4 is 0 Å². The van der Waals surface area contributed by atoms with E-state index < -0.39 is 0 Å². The average molecular weight is 240 g/mol. The van der Waals surface area contributed by atoms with Crippen molar-refractivity contribution in [1.29, 1.82) is 0 Å². The van der Waals surface area contributed by atoms with Crippen LogP contribution in [0.25, 0.3) is 0 Å². The highest BCUT2D eigenvalue weighted by Crippen LogP contribution is 2.61. The number of ether oxygens (including phenoxy) is 2. The van der Waals surface area contributed by atoms with Gasteiger partial charge in [0.1, 0.15) is 0 Å². The van der Waals surface area contributed by atoms with Gasteiger partial charge in [0.25, 0.3) is 0 Å². The topological polar surface area (TPSA) is 18.5 Å². The van der Waals surface area contributed by atoms with Gasteiger partial charge in [-0.05, 0) is 61.2 Å². The summed E-state index contributed by atoms with van der Waals surface area (Å²) < 4.78 is 9.56. The van der Waals surface area contributed by atoms with Crippen LogP contribution in [0.2, 0.25) is 0 Å². The first-order valence-electron chi connectivity index (χ1n) is 7.10. The molecule has 2 bridgehead atoms. The maximum atomic E-state index is 5.31. The highest BCUT2D eigenvalue weighted by Gasteiger charge is 2.54. The summed E-state index contributed by atoms with van der Waals surface area (Å²) in [5, 5.41) is 0. The summed E-state index contributed by atoms with van der Waals surface area (Å²) in [5.41, 5.74) is 0. The Labute approximate surface area is 106 Å². The molecule has 0 saturated heterocycles. The predicted octanol–water partition coefficient (Wildman–Crippen LogP) is 3.21. The molecule has 3 saturated carbocycles. The SMILES string of the molecule is COC.COCC1CC2C3CC(C)C(C3)C2C1. The first-order valence-corrected chi connectivity index (χ1v) is 7.10. The molecule has 6 atom stereocenters. The van der Waals surface area contributed by atoms with Crippen LogP contribution in [-0.2, 0) is 9.47 Å². The van der Waals surface area contributed by atoms with Gasteiger partial charge in [0.05, 0.1) is 0 Å². The van der Waals surface area contributed by atoms with Crippen molar-refractivity contribution < 1.29 is 9.47 Å². The van der Waals surface area contributed by atoms with Gasteiger partial charge in [-0.3, -0.25) is 0 Å². The Balaban J connectivity index is 0.000000329. The minimum Gasteiger partial charge on any atom is -0.388 e. The summed E-state index contributed by atoms with van der Waals surface area (Å²) in [5.74, 6) is 6.29. The molecule has 0 aromatic rings.